The summed E-state index contributed by atoms with van der Waals surface area (Å²) in [4.78, 5) is 12.1. The van der Waals surface area contributed by atoms with Crippen LogP contribution in [0.2, 0.25) is 5.02 Å². The zero-order valence-electron chi connectivity index (χ0n) is 11.1. The van der Waals surface area contributed by atoms with Crippen LogP contribution in [0, 0.1) is 8.99 Å². The van der Waals surface area contributed by atoms with Gasteiger partial charge in [0.05, 0.1) is 5.02 Å². The molecule has 0 aromatic heterocycles. The van der Waals surface area contributed by atoms with Crippen molar-refractivity contribution in [3.8, 4) is 0 Å². The van der Waals surface area contributed by atoms with E-state index < -0.39 is 0 Å². The lowest BCUT2D eigenvalue weighted by atomic mass is 9.84. The lowest BCUT2D eigenvalue weighted by Crippen LogP contribution is -2.38. The van der Waals surface area contributed by atoms with E-state index in [-0.39, 0.29) is 11.3 Å². The summed E-state index contributed by atoms with van der Waals surface area (Å²) >= 11 is 14.2. The number of carbonyl (C=O) groups is 1. The molecule has 2 nitrogen and oxygen atoms in total. The minimum absolute atomic E-state index is 0.0236. The topological polar surface area (TPSA) is 29.1 Å². The van der Waals surface area contributed by atoms with Gasteiger partial charge in [0.2, 0.25) is 0 Å². The molecule has 1 amide bonds. The van der Waals surface area contributed by atoms with Gasteiger partial charge in [-0.3, -0.25) is 4.79 Å². The van der Waals surface area contributed by atoms with Crippen molar-refractivity contribution >= 4 is 51.7 Å². The van der Waals surface area contributed by atoms with Crippen molar-refractivity contribution in [3.05, 3.63) is 32.4 Å². The number of rotatable bonds is 6. The summed E-state index contributed by atoms with van der Waals surface area (Å²) in [6.07, 6.45) is 1.89. The second kappa shape index (κ2) is 7.70. The molecule has 0 saturated carbocycles. The molecule has 0 heterocycles. The summed E-state index contributed by atoms with van der Waals surface area (Å²) in [5, 5.41) is 3.55. The van der Waals surface area contributed by atoms with Gasteiger partial charge in [0.15, 0.2) is 0 Å². The van der Waals surface area contributed by atoms with Gasteiger partial charge >= 0.3 is 0 Å². The number of carbonyl (C=O) groups excluding carboxylic acids is 1. The molecule has 0 aliphatic heterocycles. The van der Waals surface area contributed by atoms with E-state index in [2.05, 4.69) is 41.8 Å². The number of hydrogen-bond donors (Lipinski definition) is 1. The Morgan fingerprint density at radius 1 is 1.37 bits per heavy atom. The molecular weight excluding hydrogens is 396 g/mol. The summed E-state index contributed by atoms with van der Waals surface area (Å²) < 4.78 is 0.938. The van der Waals surface area contributed by atoms with Crippen LogP contribution >= 0.6 is 45.8 Å². The number of halogens is 3. The van der Waals surface area contributed by atoms with Crippen molar-refractivity contribution in [1.82, 2.24) is 5.32 Å². The first-order valence-corrected chi connectivity index (χ1v) is 8.26. The average Bonchev–Trinajstić information content (AvgIpc) is 2.43. The second-order valence-corrected chi connectivity index (χ2v) is 6.49. The predicted octanol–water partition coefficient (Wildman–Crippen LogP) is 4.72. The number of hydrogen-bond acceptors (Lipinski definition) is 1. The monoisotopic (exact) mass is 413 g/mol. The van der Waals surface area contributed by atoms with Gasteiger partial charge in [-0.15, -0.1) is 11.6 Å². The van der Waals surface area contributed by atoms with Crippen LogP contribution < -0.4 is 5.32 Å². The molecule has 0 aliphatic carbocycles. The molecule has 0 saturated heterocycles. The van der Waals surface area contributed by atoms with Gasteiger partial charge in [-0.25, -0.2) is 0 Å². The average molecular weight is 414 g/mol. The zero-order valence-corrected chi connectivity index (χ0v) is 14.8. The third-order valence-corrected chi connectivity index (χ3v) is 5.73. The van der Waals surface area contributed by atoms with Crippen LogP contribution in [-0.2, 0) is 0 Å². The van der Waals surface area contributed by atoms with Crippen molar-refractivity contribution in [1.29, 1.82) is 0 Å². The predicted molar refractivity (Wildman–Crippen MR) is 90.2 cm³/mol. The smallest absolute Gasteiger partial charge is 0.251 e. The first-order valence-electron chi connectivity index (χ1n) is 6.27. The molecule has 5 heteroatoms. The molecule has 0 unspecified atom stereocenters. The van der Waals surface area contributed by atoms with Gasteiger partial charge in [0.25, 0.3) is 5.91 Å². The highest BCUT2D eigenvalue weighted by atomic mass is 127. The molecule has 1 aromatic carbocycles. The maximum absolute atomic E-state index is 12.1. The fourth-order valence-electron chi connectivity index (χ4n) is 1.74. The Labute approximate surface area is 138 Å². The van der Waals surface area contributed by atoms with Crippen LogP contribution in [0.1, 0.15) is 37.0 Å². The second-order valence-electron chi connectivity index (χ2n) is 4.65. The molecule has 0 fully saturated rings. The summed E-state index contributed by atoms with van der Waals surface area (Å²) in [7, 11) is 0. The quantitative estimate of drug-likeness (QED) is 0.530. The molecule has 1 rings (SSSR count). The van der Waals surface area contributed by atoms with E-state index >= 15 is 0 Å². The number of benzene rings is 1. The molecule has 0 radical (unpaired) electrons. The van der Waals surface area contributed by atoms with Crippen LogP contribution in [0.25, 0.3) is 0 Å². The van der Waals surface area contributed by atoms with Gasteiger partial charge in [-0.1, -0.05) is 25.4 Å². The van der Waals surface area contributed by atoms with E-state index in [1.54, 1.807) is 12.1 Å². The Bertz CT molecular complexity index is 439. The van der Waals surface area contributed by atoms with Crippen LogP contribution in [0.4, 0.5) is 0 Å². The van der Waals surface area contributed by atoms with Crippen molar-refractivity contribution in [2.45, 2.75) is 26.7 Å². The normalized spacial score (nSPS) is 11.4. The summed E-state index contributed by atoms with van der Waals surface area (Å²) in [6.45, 7) is 4.78. The van der Waals surface area contributed by atoms with E-state index in [0.717, 1.165) is 16.4 Å². The number of amides is 1. The van der Waals surface area contributed by atoms with Crippen molar-refractivity contribution in [3.63, 3.8) is 0 Å². The van der Waals surface area contributed by atoms with Crippen molar-refractivity contribution in [2.75, 3.05) is 12.4 Å². The van der Waals surface area contributed by atoms with Crippen LogP contribution in [0.3, 0.4) is 0 Å². The van der Waals surface area contributed by atoms with E-state index in [1.165, 1.54) is 0 Å². The SMILES string of the molecule is CCC(CC)(CCl)CNC(=O)c1ccc(I)c(Cl)c1. The van der Waals surface area contributed by atoms with E-state index in [9.17, 15) is 4.79 Å². The first-order chi connectivity index (χ1) is 8.98. The zero-order chi connectivity index (χ0) is 14.5. The Hall–Kier alpha value is -0.0000000000000000555. The highest BCUT2D eigenvalue weighted by Crippen LogP contribution is 2.27. The highest BCUT2D eigenvalue weighted by Gasteiger charge is 2.25. The Morgan fingerprint density at radius 2 is 2.00 bits per heavy atom. The van der Waals surface area contributed by atoms with Gasteiger partial charge < -0.3 is 5.32 Å². The maximum atomic E-state index is 12.1. The summed E-state index contributed by atoms with van der Waals surface area (Å²) in [5.74, 6) is 0.447. The summed E-state index contributed by atoms with van der Waals surface area (Å²) in [5.41, 5.74) is 0.561. The van der Waals surface area contributed by atoms with E-state index in [1.807, 2.05) is 6.07 Å². The Balaban J connectivity index is 2.72. The molecule has 0 aliphatic rings. The molecule has 1 N–H and O–H groups in total. The van der Waals surface area contributed by atoms with Gasteiger partial charge in [0, 0.05) is 27.0 Å². The van der Waals surface area contributed by atoms with Crippen LogP contribution in [-0.4, -0.2) is 18.3 Å². The fourth-order valence-corrected chi connectivity index (χ4v) is 2.73. The Kier molecular flexibility index (Phi) is 6.91. The van der Waals surface area contributed by atoms with E-state index in [0.29, 0.717) is 23.0 Å². The van der Waals surface area contributed by atoms with Gasteiger partial charge in [-0.2, -0.15) is 0 Å². The standard InChI is InChI=1S/C14H18Cl2INO/c1-3-14(4-2,8-15)9-18-13(19)10-5-6-12(17)11(16)7-10/h5-7H,3-4,8-9H2,1-2H3,(H,18,19). The van der Waals surface area contributed by atoms with Crippen molar-refractivity contribution < 1.29 is 4.79 Å². The number of nitrogens with one attached hydrogen (secondary N) is 1. The van der Waals surface area contributed by atoms with E-state index in [4.69, 9.17) is 23.2 Å². The van der Waals surface area contributed by atoms with Crippen molar-refractivity contribution in [2.24, 2.45) is 5.41 Å². The largest absolute Gasteiger partial charge is 0.351 e. The number of alkyl halides is 1. The van der Waals surface area contributed by atoms with Crippen LogP contribution in [0.5, 0.6) is 0 Å². The molecular formula is C14H18Cl2INO. The molecule has 1 aromatic rings. The minimum atomic E-state index is -0.102. The molecule has 0 spiro atoms. The lowest BCUT2D eigenvalue weighted by molar-refractivity contribution is 0.0932. The van der Waals surface area contributed by atoms with Crippen LogP contribution in [0.15, 0.2) is 18.2 Å². The highest BCUT2D eigenvalue weighted by molar-refractivity contribution is 14.1. The fraction of sp³-hybridized carbons (Fsp3) is 0.500. The summed E-state index contributed by atoms with van der Waals surface area (Å²) in [6, 6.07) is 5.31. The van der Waals surface area contributed by atoms with Gasteiger partial charge in [-0.05, 0) is 53.6 Å². The van der Waals surface area contributed by atoms with Gasteiger partial charge in [0.1, 0.15) is 0 Å². The Morgan fingerprint density at radius 3 is 2.47 bits per heavy atom. The lowest BCUT2D eigenvalue weighted by Gasteiger charge is -2.29. The first kappa shape index (κ1) is 17.1. The minimum Gasteiger partial charge on any atom is -0.351 e. The third kappa shape index (κ3) is 4.50. The molecule has 106 valence electrons. The molecule has 0 bridgehead atoms. The third-order valence-electron chi connectivity index (χ3n) is 3.59. The molecule has 19 heavy (non-hydrogen) atoms. The maximum Gasteiger partial charge on any atom is 0.251 e. The molecule has 0 atom stereocenters.